The molecular weight excluding hydrogens is 334 g/mol. The number of rotatable bonds is 6. The van der Waals surface area contributed by atoms with Crippen molar-refractivity contribution in [2.24, 2.45) is 11.8 Å². The van der Waals surface area contributed by atoms with Crippen molar-refractivity contribution in [2.75, 3.05) is 44.3 Å². The third kappa shape index (κ3) is 4.69. The first-order valence-electron chi connectivity index (χ1n) is 9.22. The number of nitrogens with zero attached hydrogens (tertiary/aromatic N) is 4. The molecule has 0 saturated carbocycles. The molecule has 2 aliphatic rings. The van der Waals surface area contributed by atoms with Crippen LogP contribution in [0, 0.1) is 11.8 Å². The van der Waals surface area contributed by atoms with E-state index in [0.29, 0.717) is 45.2 Å². The highest BCUT2D eigenvalue weighted by Crippen LogP contribution is 2.19. The van der Waals surface area contributed by atoms with Gasteiger partial charge in [0, 0.05) is 38.7 Å². The third-order valence-electron chi connectivity index (χ3n) is 4.66. The number of carbonyl (C=O) groups is 2. The van der Waals surface area contributed by atoms with Crippen LogP contribution in [0.5, 0.6) is 0 Å². The van der Waals surface area contributed by atoms with E-state index < -0.39 is 0 Å². The summed E-state index contributed by atoms with van der Waals surface area (Å²) in [5, 5.41) is 2.91. The van der Waals surface area contributed by atoms with E-state index in [1.165, 1.54) is 6.33 Å². The van der Waals surface area contributed by atoms with Crippen LogP contribution in [0.3, 0.4) is 0 Å². The van der Waals surface area contributed by atoms with Gasteiger partial charge in [-0.2, -0.15) is 0 Å². The Hall–Kier alpha value is -2.22. The summed E-state index contributed by atoms with van der Waals surface area (Å²) >= 11 is 0. The summed E-state index contributed by atoms with van der Waals surface area (Å²) in [6.07, 6.45) is 1.82. The average Bonchev–Trinajstić information content (AvgIpc) is 3.01. The molecule has 1 aromatic rings. The van der Waals surface area contributed by atoms with E-state index in [0.717, 1.165) is 24.6 Å². The summed E-state index contributed by atoms with van der Waals surface area (Å²) < 4.78 is 5.36. The molecule has 3 rings (SSSR count). The molecule has 0 spiro atoms. The van der Waals surface area contributed by atoms with Crippen LogP contribution in [-0.2, 0) is 20.9 Å². The molecule has 0 aromatic carbocycles. The van der Waals surface area contributed by atoms with Crippen molar-refractivity contribution in [2.45, 2.75) is 26.8 Å². The number of aromatic nitrogens is 2. The quantitative estimate of drug-likeness (QED) is 0.791. The first kappa shape index (κ1) is 18.6. The van der Waals surface area contributed by atoms with Crippen molar-refractivity contribution < 1.29 is 14.3 Å². The summed E-state index contributed by atoms with van der Waals surface area (Å²) in [5.41, 5.74) is 0.762. The molecule has 142 valence electrons. The van der Waals surface area contributed by atoms with E-state index in [1.54, 1.807) is 4.90 Å². The first-order chi connectivity index (χ1) is 12.5. The van der Waals surface area contributed by atoms with Gasteiger partial charge in [0.05, 0.1) is 31.4 Å². The number of ether oxygens (including phenoxy) is 1. The van der Waals surface area contributed by atoms with E-state index in [9.17, 15) is 9.59 Å². The SMILES string of the molecule is CC(C)CN1C[C@@H](C(=O)NCc2cc(N3CCOCC3)ncn2)CC1=O. The van der Waals surface area contributed by atoms with E-state index in [-0.39, 0.29) is 17.7 Å². The molecule has 0 bridgehead atoms. The lowest BCUT2D eigenvalue weighted by Gasteiger charge is -2.27. The lowest BCUT2D eigenvalue weighted by atomic mass is 10.1. The highest BCUT2D eigenvalue weighted by molar-refractivity contribution is 5.89. The first-order valence-corrected chi connectivity index (χ1v) is 9.22. The van der Waals surface area contributed by atoms with Gasteiger partial charge in [-0.3, -0.25) is 9.59 Å². The van der Waals surface area contributed by atoms with Crippen LogP contribution in [0.15, 0.2) is 12.4 Å². The Balaban J connectivity index is 1.52. The van der Waals surface area contributed by atoms with Gasteiger partial charge in [0.15, 0.2) is 0 Å². The Morgan fingerprint density at radius 2 is 2.12 bits per heavy atom. The molecule has 1 aromatic heterocycles. The van der Waals surface area contributed by atoms with Gasteiger partial charge in [-0.15, -0.1) is 0 Å². The predicted octanol–water partition coefficient (Wildman–Crippen LogP) is 0.434. The number of anilines is 1. The van der Waals surface area contributed by atoms with Gasteiger partial charge in [-0.05, 0) is 5.92 Å². The van der Waals surface area contributed by atoms with Crippen molar-refractivity contribution in [3.8, 4) is 0 Å². The van der Waals surface area contributed by atoms with Gasteiger partial charge in [-0.1, -0.05) is 13.8 Å². The number of carbonyl (C=O) groups excluding carboxylic acids is 2. The number of morpholine rings is 1. The minimum Gasteiger partial charge on any atom is -0.378 e. The van der Waals surface area contributed by atoms with Crippen LogP contribution >= 0.6 is 0 Å². The maximum absolute atomic E-state index is 12.4. The van der Waals surface area contributed by atoms with Gasteiger partial charge in [0.1, 0.15) is 12.1 Å². The molecule has 0 aliphatic carbocycles. The van der Waals surface area contributed by atoms with Crippen LogP contribution in [-0.4, -0.2) is 66.1 Å². The van der Waals surface area contributed by atoms with Gasteiger partial charge in [-0.25, -0.2) is 9.97 Å². The predicted molar refractivity (Wildman–Crippen MR) is 96.4 cm³/mol. The summed E-state index contributed by atoms with van der Waals surface area (Å²) in [7, 11) is 0. The fraction of sp³-hybridized carbons (Fsp3) is 0.667. The molecule has 26 heavy (non-hydrogen) atoms. The number of likely N-dealkylation sites (tertiary alicyclic amines) is 1. The maximum atomic E-state index is 12.4. The largest absolute Gasteiger partial charge is 0.378 e. The summed E-state index contributed by atoms with van der Waals surface area (Å²) in [5.74, 6) is 0.959. The van der Waals surface area contributed by atoms with Gasteiger partial charge < -0.3 is 19.9 Å². The highest BCUT2D eigenvalue weighted by atomic mass is 16.5. The molecule has 8 heteroatoms. The number of nitrogens with one attached hydrogen (secondary N) is 1. The Labute approximate surface area is 153 Å². The van der Waals surface area contributed by atoms with Crippen molar-refractivity contribution in [3.05, 3.63) is 18.1 Å². The maximum Gasteiger partial charge on any atom is 0.225 e. The molecule has 2 aliphatic heterocycles. The van der Waals surface area contributed by atoms with Gasteiger partial charge in [0.25, 0.3) is 0 Å². The second kappa shape index (κ2) is 8.44. The molecule has 3 heterocycles. The molecule has 1 atom stereocenters. The van der Waals surface area contributed by atoms with E-state index in [2.05, 4.69) is 34.0 Å². The standard InChI is InChI=1S/C18H27N5O3/c1-13(2)10-23-11-14(7-17(23)24)18(25)19-9-15-8-16(21-12-20-15)22-3-5-26-6-4-22/h8,12-14H,3-7,9-11H2,1-2H3,(H,19,25)/t14-/m0/s1. The van der Waals surface area contributed by atoms with Crippen molar-refractivity contribution in [1.82, 2.24) is 20.2 Å². The van der Waals surface area contributed by atoms with E-state index in [4.69, 9.17) is 4.74 Å². The zero-order valence-corrected chi connectivity index (χ0v) is 15.5. The molecule has 2 saturated heterocycles. The molecule has 0 radical (unpaired) electrons. The smallest absolute Gasteiger partial charge is 0.225 e. The Kier molecular flexibility index (Phi) is 6.03. The molecule has 2 fully saturated rings. The van der Waals surface area contributed by atoms with Gasteiger partial charge >= 0.3 is 0 Å². The Bertz CT molecular complexity index is 645. The number of amides is 2. The Morgan fingerprint density at radius 3 is 2.85 bits per heavy atom. The lowest BCUT2D eigenvalue weighted by molar-refractivity contribution is -0.129. The second-order valence-corrected chi connectivity index (χ2v) is 7.28. The van der Waals surface area contributed by atoms with Crippen LogP contribution in [0.4, 0.5) is 5.82 Å². The second-order valence-electron chi connectivity index (χ2n) is 7.28. The monoisotopic (exact) mass is 361 g/mol. The molecule has 2 amide bonds. The van der Waals surface area contributed by atoms with E-state index >= 15 is 0 Å². The zero-order valence-electron chi connectivity index (χ0n) is 15.5. The summed E-state index contributed by atoms with van der Waals surface area (Å²) in [4.78, 5) is 36.9. The minimum absolute atomic E-state index is 0.0653. The number of hydrogen-bond acceptors (Lipinski definition) is 6. The minimum atomic E-state index is -0.276. The lowest BCUT2D eigenvalue weighted by Crippen LogP contribution is -2.37. The van der Waals surface area contributed by atoms with Crippen LogP contribution in [0.25, 0.3) is 0 Å². The highest BCUT2D eigenvalue weighted by Gasteiger charge is 2.34. The van der Waals surface area contributed by atoms with E-state index in [1.807, 2.05) is 6.07 Å². The van der Waals surface area contributed by atoms with Crippen LogP contribution in [0.2, 0.25) is 0 Å². The zero-order chi connectivity index (χ0) is 18.5. The van der Waals surface area contributed by atoms with Crippen molar-refractivity contribution >= 4 is 17.6 Å². The molecule has 1 N–H and O–H groups in total. The van der Waals surface area contributed by atoms with Crippen molar-refractivity contribution in [1.29, 1.82) is 0 Å². The van der Waals surface area contributed by atoms with Crippen LogP contribution in [0.1, 0.15) is 26.0 Å². The van der Waals surface area contributed by atoms with Crippen molar-refractivity contribution in [3.63, 3.8) is 0 Å². The molecular formula is C18H27N5O3. The van der Waals surface area contributed by atoms with Gasteiger partial charge in [0.2, 0.25) is 11.8 Å². The Morgan fingerprint density at radius 1 is 1.35 bits per heavy atom. The average molecular weight is 361 g/mol. The summed E-state index contributed by atoms with van der Waals surface area (Å²) in [6, 6.07) is 1.90. The summed E-state index contributed by atoms with van der Waals surface area (Å²) in [6.45, 7) is 8.69. The fourth-order valence-corrected chi connectivity index (χ4v) is 3.33. The third-order valence-corrected chi connectivity index (χ3v) is 4.66. The normalized spacial score (nSPS) is 20.7. The molecule has 0 unspecified atom stereocenters. The molecule has 8 nitrogen and oxygen atoms in total. The number of hydrogen-bond donors (Lipinski definition) is 1. The topological polar surface area (TPSA) is 87.7 Å². The van der Waals surface area contributed by atoms with Crippen LogP contribution < -0.4 is 10.2 Å². The fourth-order valence-electron chi connectivity index (χ4n) is 3.33.